The average Bonchev–Trinajstić information content (AvgIpc) is 2.13. The number of hydrogen-bond donors (Lipinski definition) is 2. The van der Waals surface area contributed by atoms with Crippen LogP contribution < -0.4 is 4.74 Å². The van der Waals surface area contributed by atoms with Crippen LogP contribution in [0.5, 0.6) is 11.5 Å². The van der Waals surface area contributed by atoms with E-state index in [0.29, 0.717) is 11.1 Å². The lowest BCUT2D eigenvalue weighted by molar-refractivity contribution is -0.138. The van der Waals surface area contributed by atoms with E-state index in [1.54, 1.807) is 20.8 Å². The van der Waals surface area contributed by atoms with Crippen LogP contribution in [0.1, 0.15) is 31.4 Å². The molecule has 100 valence electrons. The van der Waals surface area contributed by atoms with Crippen LogP contribution >= 0.6 is 0 Å². The van der Waals surface area contributed by atoms with Gasteiger partial charge in [-0.05, 0) is 18.6 Å². The molecule has 0 fully saturated rings. The minimum absolute atomic E-state index is 0.170. The highest BCUT2D eigenvalue weighted by molar-refractivity contribution is 5.70. The predicted octanol–water partition coefficient (Wildman–Crippen LogP) is 2.60. The first-order chi connectivity index (χ1) is 8.20. The average molecular weight is 256 g/mol. The predicted molar refractivity (Wildman–Crippen MR) is 64.6 cm³/mol. The summed E-state index contributed by atoms with van der Waals surface area (Å²) in [5.41, 5.74) is 0.0706. The minimum Gasteiger partial charge on any atom is -0.504 e. The number of carboxylic acid groups (broad SMARTS) is 1. The van der Waals surface area contributed by atoms with Crippen molar-refractivity contribution in [1.82, 2.24) is 0 Å². The molecule has 0 amide bonds. The molecular formula is C13H17FO4. The number of ether oxygens (including phenoxy) is 1. The zero-order valence-electron chi connectivity index (χ0n) is 10.9. The van der Waals surface area contributed by atoms with Crippen molar-refractivity contribution in [1.29, 1.82) is 0 Å². The van der Waals surface area contributed by atoms with Crippen LogP contribution in [0.25, 0.3) is 0 Å². The third kappa shape index (κ3) is 2.55. The summed E-state index contributed by atoms with van der Waals surface area (Å²) in [5.74, 6) is -2.24. The first-order valence-electron chi connectivity index (χ1n) is 5.49. The molecule has 0 atom stereocenters. The standard InChI is InChI=1S/C13H17FO4/c1-7-5-8(14)12(18-4)11(17)10(7)13(2,3)6-9(15)16/h5,17H,6H2,1-4H3,(H,15,16). The lowest BCUT2D eigenvalue weighted by Gasteiger charge is -2.27. The SMILES string of the molecule is COc1c(F)cc(C)c(C(C)(C)CC(=O)O)c1O. The van der Waals surface area contributed by atoms with Gasteiger partial charge in [0.2, 0.25) is 0 Å². The third-order valence-electron chi connectivity index (χ3n) is 2.88. The molecule has 1 rings (SSSR count). The first kappa shape index (κ1) is 14.3. The fourth-order valence-corrected chi connectivity index (χ4v) is 2.26. The van der Waals surface area contributed by atoms with E-state index in [1.807, 2.05) is 0 Å². The van der Waals surface area contributed by atoms with Gasteiger partial charge in [0.15, 0.2) is 17.3 Å². The number of rotatable bonds is 4. The van der Waals surface area contributed by atoms with Crippen molar-refractivity contribution in [3.8, 4) is 11.5 Å². The normalized spacial score (nSPS) is 11.4. The summed E-state index contributed by atoms with van der Waals surface area (Å²) in [4.78, 5) is 10.8. The van der Waals surface area contributed by atoms with Gasteiger partial charge in [-0.2, -0.15) is 0 Å². The molecule has 5 heteroatoms. The zero-order valence-corrected chi connectivity index (χ0v) is 10.9. The number of aromatic hydroxyl groups is 1. The Bertz CT molecular complexity index is 480. The highest BCUT2D eigenvalue weighted by Crippen LogP contribution is 2.43. The highest BCUT2D eigenvalue weighted by Gasteiger charge is 2.31. The van der Waals surface area contributed by atoms with Crippen LogP contribution in [0.2, 0.25) is 0 Å². The molecule has 0 radical (unpaired) electrons. The van der Waals surface area contributed by atoms with Crippen molar-refractivity contribution >= 4 is 5.97 Å². The summed E-state index contributed by atoms with van der Waals surface area (Å²) in [6.45, 7) is 4.99. The van der Waals surface area contributed by atoms with Gasteiger partial charge in [-0.25, -0.2) is 4.39 Å². The third-order valence-corrected chi connectivity index (χ3v) is 2.88. The number of carbonyl (C=O) groups is 1. The van der Waals surface area contributed by atoms with Crippen molar-refractivity contribution in [2.45, 2.75) is 32.6 Å². The van der Waals surface area contributed by atoms with E-state index in [9.17, 15) is 14.3 Å². The second-order valence-corrected chi connectivity index (χ2v) is 4.89. The molecule has 0 aliphatic carbocycles. The largest absolute Gasteiger partial charge is 0.504 e. The van der Waals surface area contributed by atoms with Crippen molar-refractivity contribution in [2.75, 3.05) is 7.11 Å². The molecular weight excluding hydrogens is 239 g/mol. The maximum Gasteiger partial charge on any atom is 0.304 e. The van der Waals surface area contributed by atoms with Crippen LogP contribution in [0.15, 0.2) is 6.07 Å². The fourth-order valence-electron chi connectivity index (χ4n) is 2.26. The second-order valence-electron chi connectivity index (χ2n) is 4.89. The molecule has 0 saturated carbocycles. The molecule has 0 aliphatic rings. The second kappa shape index (κ2) is 4.84. The maximum atomic E-state index is 13.5. The molecule has 0 spiro atoms. The van der Waals surface area contributed by atoms with Crippen LogP contribution in [-0.4, -0.2) is 23.3 Å². The van der Waals surface area contributed by atoms with Crippen molar-refractivity contribution in [2.24, 2.45) is 0 Å². The van der Waals surface area contributed by atoms with Gasteiger partial charge in [0, 0.05) is 11.0 Å². The van der Waals surface area contributed by atoms with Gasteiger partial charge in [-0.15, -0.1) is 0 Å². The number of methoxy groups -OCH3 is 1. The quantitative estimate of drug-likeness (QED) is 0.869. The summed E-state index contributed by atoms with van der Waals surface area (Å²) >= 11 is 0. The van der Waals surface area contributed by atoms with Gasteiger partial charge in [-0.3, -0.25) is 4.79 Å². The molecule has 0 unspecified atom stereocenters. The maximum absolute atomic E-state index is 13.5. The van der Waals surface area contributed by atoms with E-state index in [4.69, 9.17) is 9.84 Å². The molecule has 0 heterocycles. The monoisotopic (exact) mass is 256 g/mol. The highest BCUT2D eigenvalue weighted by atomic mass is 19.1. The molecule has 1 aromatic rings. The van der Waals surface area contributed by atoms with Gasteiger partial charge >= 0.3 is 5.97 Å². The van der Waals surface area contributed by atoms with Crippen LogP contribution in [0, 0.1) is 12.7 Å². The molecule has 4 nitrogen and oxygen atoms in total. The van der Waals surface area contributed by atoms with Crippen LogP contribution in [0.3, 0.4) is 0 Å². The summed E-state index contributed by atoms with van der Waals surface area (Å²) in [6.07, 6.45) is -0.170. The van der Waals surface area contributed by atoms with Gasteiger partial charge < -0.3 is 14.9 Å². The van der Waals surface area contributed by atoms with Gasteiger partial charge in [0.1, 0.15) is 0 Å². The topological polar surface area (TPSA) is 66.8 Å². The van der Waals surface area contributed by atoms with Crippen molar-refractivity contribution in [3.63, 3.8) is 0 Å². The number of phenolic OH excluding ortho intramolecular Hbond substituents is 1. The Labute approximate surface area is 105 Å². The van der Waals surface area contributed by atoms with E-state index in [0.717, 1.165) is 0 Å². The van der Waals surface area contributed by atoms with E-state index >= 15 is 0 Å². The van der Waals surface area contributed by atoms with Gasteiger partial charge in [-0.1, -0.05) is 13.8 Å². The smallest absolute Gasteiger partial charge is 0.304 e. The molecule has 18 heavy (non-hydrogen) atoms. The Morgan fingerprint density at radius 2 is 2.06 bits per heavy atom. The van der Waals surface area contributed by atoms with Crippen molar-refractivity contribution < 1.29 is 24.1 Å². The molecule has 0 aromatic heterocycles. The summed E-state index contributed by atoms with van der Waals surface area (Å²) in [7, 11) is 1.25. The summed E-state index contributed by atoms with van der Waals surface area (Å²) in [5, 5.41) is 18.9. The summed E-state index contributed by atoms with van der Waals surface area (Å²) in [6, 6.07) is 1.23. The van der Waals surface area contributed by atoms with E-state index in [2.05, 4.69) is 0 Å². The number of phenols is 1. The van der Waals surface area contributed by atoms with Crippen LogP contribution in [0.4, 0.5) is 4.39 Å². The number of carboxylic acids is 1. The lowest BCUT2D eigenvalue weighted by atomic mass is 9.78. The number of halogens is 1. The minimum atomic E-state index is -0.984. The zero-order chi connectivity index (χ0) is 14.1. The van der Waals surface area contributed by atoms with Crippen LogP contribution in [-0.2, 0) is 10.2 Å². The van der Waals surface area contributed by atoms with Crippen molar-refractivity contribution in [3.05, 3.63) is 23.0 Å². The molecule has 0 saturated heterocycles. The Morgan fingerprint density at radius 1 is 1.50 bits per heavy atom. The Morgan fingerprint density at radius 3 is 2.50 bits per heavy atom. The fraction of sp³-hybridized carbons (Fsp3) is 0.462. The van der Waals surface area contributed by atoms with E-state index in [-0.39, 0.29) is 17.9 Å². The van der Waals surface area contributed by atoms with E-state index < -0.39 is 17.2 Å². The Kier molecular flexibility index (Phi) is 3.84. The number of benzene rings is 1. The first-order valence-corrected chi connectivity index (χ1v) is 5.49. The lowest BCUT2D eigenvalue weighted by Crippen LogP contribution is -2.23. The van der Waals surface area contributed by atoms with E-state index in [1.165, 1.54) is 13.2 Å². The van der Waals surface area contributed by atoms with Gasteiger partial charge in [0.05, 0.1) is 13.5 Å². The molecule has 2 N–H and O–H groups in total. The molecule has 1 aromatic carbocycles. The number of aliphatic carboxylic acids is 1. The number of hydrogen-bond acceptors (Lipinski definition) is 3. The molecule has 0 bridgehead atoms. The Hall–Kier alpha value is -1.78. The molecule has 0 aliphatic heterocycles. The Balaban J connectivity index is 3.45. The summed E-state index contributed by atoms with van der Waals surface area (Å²) < 4.78 is 18.3. The van der Waals surface area contributed by atoms with Gasteiger partial charge in [0.25, 0.3) is 0 Å². The number of aryl methyl sites for hydroxylation is 1.